The summed E-state index contributed by atoms with van der Waals surface area (Å²) < 4.78 is 42.7. The minimum Gasteiger partial charge on any atom is -0.353 e. The second kappa shape index (κ2) is 8.19. The molecule has 3 heterocycles. The van der Waals surface area contributed by atoms with Gasteiger partial charge in [0.15, 0.2) is 0 Å². The predicted octanol–water partition coefficient (Wildman–Crippen LogP) is 0.587. The van der Waals surface area contributed by atoms with E-state index in [9.17, 15) is 17.6 Å². The second-order valence-electron chi connectivity index (χ2n) is 7.31. The molecular weight excluding hydrogens is 425 g/mol. The third kappa shape index (κ3) is 4.21. The Hall–Kier alpha value is -3.12. The van der Waals surface area contributed by atoms with Crippen molar-refractivity contribution in [2.24, 2.45) is 0 Å². The van der Waals surface area contributed by atoms with Crippen molar-refractivity contribution in [2.45, 2.75) is 24.8 Å². The highest BCUT2D eigenvalue weighted by Gasteiger charge is 2.30. The van der Waals surface area contributed by atoms with E-state index in [-0.39, 0.29) is 5.91 Å². The average Bonchev–Trinajstić information content (AvgIpc) is 3.21. The Bertz CT molecular complexity index is 1220. The number of aryl methyl sites for hydroxylation is 1. The minimum atomic E-state index is -4.16. The van der Waals surface area contributed by atoms with Crippen molar-refractivity contribution >= 4 is 27.5 Å². The molecule has 0 spiro atoms. The van der Waals surface area contributed by atoms with Gasteiger partial charge in [-0.05, 0) is 26.0 Å². The van der Waals surface area contributed by atoms with E-state index >= 15 is 0 Å². The van der Waals surface area contributed by atoms with Crippen LogP contribution in [0.25, 0.3) is 5.78 Å². The topological polar surface area (TPSA) is 113 Å². The number of nitrogens with one attached hydrogen (secondary N) is 1. The van der Waals surface area contributed by atoms with Gasteiger partial charge in [0, 0.05) is 37.9 Å². The van der Waals surface area contributed by atoms with Gasteiger partial charge >= 0.3 is 0 Å². The summed E-state index contributed by atoms with van der Waals surface area (Å²) in [6.07, 6.45) is 1.44. The summed E-state index contributed by atoms with van der Waals surface area (Å²) in [7, 11) is -4.16. The summed E-state index contributed by atoms with van der Waals surface area (Å²) in [6.45, 7) is 5.22. The standard InChI is InChI=1S/C19H22FN7O3S/c1-13-11-17(27-19(23-13)21-12-22-27)25-7-9-26(10-8-25)18(28)14(2)24-31(29,30)16-6-4-3-5-15(16)20/h3-6,11-12,14,24H,7-10H2,1-2H3/t14-/m0/s1. The highest BCUT2D eigenvalue weighted by molar-refractivity contribution is 7.89. The molecule has 1 fully saturated rings. The molecule has 0 saturated carbocycles. The molecule has 1 saturated heterocycles. The minimum absolute atomic E-state index is 0.364. The van der Waals surface area contributed by atoms with Crippen LogP contribution in [0.4, 0.5) is 10.2 Å². The Balaban J connectivity index is 1.42. The number of fused-ring (bicyclic) bond motifs is 1. The molecule has 0 unspecified atom stereocenters. The molecule has 164 valence electrons. The van der Waals surface area contributed by atoms with E-state index in [2.05, 4.69) is 24.7 Å². The van der Waals surface area contributed by atoms with Crippen LogP contribution in [0.1, 0.15) is 12.6 Å². The molecule has 12 heteroatoms. The van der Waals surface area contributed by atoms with Crippen LogP contribution in [0, 0.1) is 12.7 Å². The van der Waals surface area contributed by atoms with E-state index in [0.29, 0.717) is 32.0 Å². The van der Waals surface area contributed by atoms with Gasteiger partial charge in [-0.25, -0.2) is 17.8 Å². The number of hydrogen-bond acceptors (Lipinski definition) is 7. The van der Waals surface area contributed by atoms with E-state index in [1.807, 2.05) is 13.0 Å². The summed E-state index contributed by atoms with van der Waals surface area (Å²) in [5, 5.41) is 4.21. The smallest absolute Gasteiger partial charge is 0.254 e. The third-order valence-electron chi connectivity index (χ3n) is 5.10. The Labute approximate surface area is 178 Å². The fourth-order valence-electron chi connectivity index (χ4n) is 3.58. The maximum atomic E-state index is 13.9. The molecule has 0 bridgehead atoms. The molecule has 2 aromatic heterocycles. The Morgan fingerprint density at radius 3 is 2.61 bits per heavy atom. The largest absolute Gasteiger partial charge is 0.353 e. The summed E-state index contributed by atoms with van der Waals surface area (Å²) >= 11 is 0. The van der Waals surface area contributed by atoms with Crippen molar-refractivity contribution < 1.29 is 17.6 Å². The monoisotopic (exact) mass is 447 g/mol. The van der Waals surface area contributed by atoms with Gasteiger partial charge in [0.2, 0.25) is 15.9 Å². The number of carbonyl (C=O) groups excluding carboxylic acids is 1. The fraction of sp³-hybridized carbons (Fsp3) is 0.368. The van der Waals surface area contributed by atoms with Gasteiger partial charge < -0.3 is 9.80 Å². The van der Waals surface area contributed by atoms with E-state index in [1.165, 1.54) is 25.4 Å². The number of piperazine rings is 1. The zero-order chi connectivity index (χ0) is 22.2. The van der Waals surface area contributed by atoms with E-state index in [4.69, 9.17) is 0 Å². The maximum Gasteiger partial charge on any atom is 0.254 e. The molecule has 0 radical (unpaired) electrons. The molecule has 31 heavy (non-hydrogen) atoms. The number of amides is 1. The zero-order valence-corrected chi connectivity index (χ0v) is 17.9. The van der Waals surface area contributed by atoms with Gasteiger partial charge in [-0.2, -0.15) is 19.3 Å². The van der Waals surface area contributed by atoms with E-state index in [0.717, 1.165) is 23.6 Å². The predicted molar refractivity (Wildman–Crippen MR) is 110 cm³/mol. The van der Waals surface area contributed by atoms with Crippen LogP contribution in [0.3, 0.4) is 0 Å². The first kappa shape index (κ1) is 21.1. The number of hydrogen-bond donors (Lipinski definition) is 1. The van der Waals surface area contributed by atoms with Crippen molar-refractivity contribution in [3.05, 3.63) is 48.2 Å². The van der Waals surface area contributed by atoms with Gasteiger partial charge in [-0.15, -0.1) is 0 Å². The Kier molecular flexibility index (Phi) is 5.58. The SMILES string of the molecule is Cc1cc(N2CCN(C(=O)[C@H](C)NS(=O)(=O)c3ccccc3F)CC2)n2ncnc2n1. The van der Waals surface area contributed by atoms with Crippen molar-refractivity contribution in [1.82, 2.24) is 29.2 Å². The third-order valence-corrected chi connectivity index (χ3v) is 6.68. The lowest BCUT2D eigenvalue weighted by Crippen LogP contribution is -2.54. The zero-order valence-electron chi connectivity index (χ0n) is 17.1. The lowest BCUT2D eigenvalue weighted by Gasteiger charge is -2.37. The van der Waals surface area contributed by atoms with Gasteiger partial charge in [-0.1, -0.05) is 12.1 Å². The van der Waals surface area contributed by atoms with Crippen LogP contribution in [0.15, 0.2) is 41.6 Å². The van der Waals surface area contributed by atoms with Gasteiger partial charge in [0.25, 0.3) is 5.78 Å². The molecule has 1 aliphatic heterocycles. The van der Waals surface area contributed by atoms with Crippen LogP contribution >= 0.6 is 0 Å². The number of sulfonamides is 1. The number of halogens is 1. The number of nitrogens with zero attached hydrogens (tertiary/aromatic N) is 6. The highest BCUT2D eigenvalue weighted by atomic mass is 32.2. The maximum absolute atomic E-state index is 13.9. The summed E-state index contributed by atoms with van der Waals surface area (Å²) in [4.78, 5) is 24.5. The molecule has 1 aromatic carbocycles. The van der Waals surface area contributed by atoms with Crippen molar-refractivity contribution in [1.29, 1.82) is 0 Å². The molecule has 1 N–H and O–H groups in total. The second-order valence-corrected chi connectivity index (χ2v) is 9.00. The van der Waals surface area contributed by atoms with Gasteiger partial charge in [-0.3, -0.25) is 4.79 Å². The van der Waals surface area contributed by atoms with Crippen LogP contribution in [-0.4, -0.2) is 71.0 Å². The Morgan fingerprint density at radius 2 is 1.90 bits per heavy atom. The normalized spacial score (nSPS) is 16.0. The first-order valence-electron chi connectivity index (χ1n) is 9.74. The van der Waals surface area contributed by atoms with Crippen LogP contribution in [-0.2, 0) is 14.8 Å². The van der Waals surface area contributed by atoms with E-state index in [1.54, 1.807) is 9.42 Å². The lowest BCUT2D eigenvalue weighted by atomic mass is 10.2. The highest BCUT2D eigenvalue weighted by Crippen LogP contribution is 2.19. The molecule has 3 aromatic rings. The number of carbonyl (C=O) groups is 1. The number of rotatable bonds is 5. The van der Waals surface area contributed by atoms with Crippen LogP contribution in [0.5, 0.6) is 0 Å². The number of anilines is 1. The summed E-state index contributed by atoms with van der Waals surface area (Å²) in [5.74, 6) is 0.108. The molecule has 0 aliphatic carbocycles. The fourth-order valence-corrected chi connectivity index (χ4v) is 4.85. The quantitative estimate of drug-likeness (QED) is 0.609. The van der Waals surface area contributed by atoms with Crippen molar-refractivity contribution in [2.75, 3.05) is 31.1 Å². The summed E-state index contributed by atoms with van der Waals surface area (Å²) in [5.41, 5.74) is 0.810. The molecule has 1 amide bonds. The first-order chi connectivity index (χ1) is 14.8. The van der Waals surface area contributed by atoms with E-state index < -0.39 is 26.8 Å². The van der Waals surface area contributed by atoms with Crippen molar-refractivity contribution in [3.63, 3.8) is 0 Å². The molecule has 1 aliphatic rings. The molecule has 10 nitrogen and oxygen atoms in total. The molecular formula is C19H22FN7O3S. The van der Waals surface area contributed by atoms with Gasteiger partial charge in [0.05, 0.1) is 6.04 Å². The molecule has 4 rings (SSSR count). The summed E-state index contributed by atoms with van der Waals surface area (Å²) in [6, 6.07) is 5.93. The molecule has 1 atom stereocenters. The van der Waals surface area contributed by atoms with Crippen molar-refractivity contribution in [3.8, 4) is 0 Å². The number of aromatic nitrogens is 4. The van der Waals surface area contributed by atoms with Gasteiger partial charge in [0.1, 0.15) is 22.9 Å². The first-order valence-corrected chi connectivity index (χ1v) is 11.2. The lowest BCUT2D eigenvalue weighted by molar-refractivity contribution is -0.132. The number of benzene rings is 1. The average molecular weight is 447 g/mol. The van der Waals surface area contributed by atoms with Crippen LogP contribution in [0.2, 0.25) is 0 Å². The van der Waals surface area contributed by atoms with Crippen LogP contribution < -0.4 is 9.62 Å². The Morgan fingerprint density at radius 1 is 1.19 bits per heavy atom.